The lowest BCUT2D eigenvalue weighted by molar-refractivity contribution is 0.102. The monoisotopic (exact) mass is 478 g/mol. The van der Waals surface area contributed by atoms with Crippen molar-refractivity contribution in [3.8, 4) is 34.6 Å². The molecule has 5 aromatic rings. The number of carbonyl (C=O) groups excluding carboxylic acids is 1. The van der Waals surface area contributed by atoms with Gasteiger partial charge in [0.15, 0.2) is 17.3 Å². The Hall–Kier alpha value is -4.85. The highest BCUT2D eigenvalue weighted by Gasteiger charge is 2.19. The fourth-order valence-corrected chi connectivity index (χ4v) is 4.11. The van der Waals surface area contributed by atoms with Crippen LogP contribution in [0.2, 0.25) is 0 Å². The maximum atomic E-state index is 12.8. The van der Waals surface area contributed by atoms with E-state index in [1.54, 1.807) is 4.68 Å². The molecule has 0 spiro atoms. The molecule has 1 aliphatic heterocycles. The number of fused-ring (bicyclic) bond motifs is 2. The number of nitrogens with zero attached hydrogens (tertiary/aromatic N) is 3. The van der Waals surface area contributed by atoms with E-state index in [9.17, 15) is 4.79 Å². The third-order valence-corrected chi connectivity index (χ3v) is 5.87. The van der Waals surface area contributed by atoms with Crippen molar-refractivity contribution >= 4 is 22.4 Å². The van der Waals surface area contributed by atoms with Gasteiger partial charge in [-0.25, -0.2) is 4.68 Å². The Morgan fingerprint density at radius 3 is 2.58 bits per heavy atom. The Bertz CT molecular complexity index is 1580. The molecule has 36 heavy (non-hydrogen) atoms. The van der Waals surface area contributed by atoms with Crippen molar-refractivity contribution < 1.29 is 19.0 Å². The van der Waals surface area contributed by atoms with Gasteiger partial charge in [0.2, 0.25) is 6.79 Å². The number of ether oxygens (including phenoxy) is 3. The average Bonchev–Trinajstić information content (AvgIpc) is 3.56. The summed E-state index contributed by atoms with van der Waals surface area (Å²) in [5, 5.41) is 9.61. The van der Waals surface area contributed by atoms with E-state index in [1.165, 1.54) is 0 Å². The predicted molar refractivity (Wildman–Crippen MR) is 136 cm³/mol. The number of hydrogen-bond acceptors (Lipinski definition) is 6. The summed E-state index contributed by atoms with van der Waals surface area (Å²) in [5.74, 6) is 1.78. The van der Waals surface area contributed by atoms with Crippen LogP contribution in [0.25, 0.3) is 27.8 Å². The molecule has 0 unspecified atom stereocenters. The zero-order valence-corrected chi connectivity index (χ0v) is 19.5. The summed E-state index contributed by atoms with van der Waals surface area (Å²) in [5.41, 5.74) is 2.85. The molecule has 0 radical (unpaired) electrons. The van der Waals surface area contributed by atoms with Crippen molar-refractivity contribution in [3.05, 3.63) is 90.5 Å². The Balaban J connectivity index is 1.27. The summed E-state index contributed by atoms with van der Waals surface area (Å²) < 4.78 is 18.2. The molecule has 1 aliphatic rings. The molecule has 0 fully saturated rings. The van der Waals surface area contributed by atoms with Crippen LogP contribution in [0.3, 0.4) is 0 Å². The van der Waals surface area contributed by atoms with Crippen LogP contribution in [0.5, 0.6) is 17.5 Å². The summed E-state index contributed by atoms with van der Waals surface area (Å²) in [6.07, 6.45) is 0. The van der Waals surface area contributed by atoms with E-state index in [1.807, 2.05) is 91.9 Å². The molecule has 0 bridgehead atoms. The lowest BCUT2D eigenvalue weighted by atomic mass is 10.1. The minimum Gasteiger partial charge on any atom is -0.463 e. The molecule has 8 heteroatoms. The lowest BCUT2D eigenvalue weighted by Crippen LogP contribution is -2.11. The van der Waals surface area contributed by atoms with Crippen LogP contribution in [0.1, 0.15) is 17.3 Å². The zero-order valence-electron chi connectivity index (χ0n) is 19.5. The molecular formula is C28H22N4O4. The number of rotatable bonds is 6. The van der Waals surface area contributed by atoms with Gasteiger partial charge in [-0.15, -0.1) is 5.10 Å². The first kappa shape index (κ1) is 21.7. The van der Waals surface area contributed by atoms with Crippen LogP contribution >= 0.6 is 0 Å². The first-order valence-electron chi connectivity index (χ1n) is 11.6. The molecule has 0 atom stereocenters. The van der Waals surface area contributed by atoms with E-state index in [2.05, 4.69) is 15.4 Å². The van der Waals surface area contributed by atoms with Crippen LogP contribution in [0, 0.1) is 0 Å². The summed E-state index contributed by atoms with van der Waals surface area (Å²) in [4.78, 5) is 17.4. The molecule has 1 amide bonds. The second kappa shape index (κ2) is 9.07. The molecular weight excluding hydrogens is 456 g/mol. The molecule has 2 heterocycles. The molecule has 1 N–H and O–H groups in total. The molecule has 0 saturated heterocycles. The van der Waals surface area contributed by atoms with Gasteiger partial charge in [-0.3, -0.25) is 4.79 Å². The van der Waals surface area contributed by atoms with Crippen LogP contribution in [0.15, 0.2) is 84.9 Å². The second-order valence-corrected chi connectivity index (χ2v) is 8.19. The molecule has 4 aromatic carbocycles. The van der Waals surface area contributed by atoms with Crippen molar-refractivity contribution in [2.45, 2.75) is 6.92 Å². The number of carbonyl (C=O) groups is 1. The summed E-state index contributed by atoms with van der Waals surface area (Å²) in [6.45, 7) is 2.53. The van der Waals surface area contributed by atoms with Gasteiger partial charge in [0.25, 0.3) is 5.91 Å². The number of aromatic nitrogens is 3. The van der Waals surface area contributed by atoms with Gasteiger partial charge in [0.05, 0.1) is 12.3 Å². The minimum atomic E-state index is -0.172. The van der Waals surface area contributed by atoms with Crippen LogP contribution in [0.4, 0.5) is 5.69 Å². The standard InChI is InChI=1S/C28H22N4O4/c1-2-34-28-30-26(20-9-14-24-25(16-20)36-17-35-24)32(31-28)23-12-10-22(11-13-23)29-27(33)21-8-7-18-5-3-4-6-19(18)15-21/h3-16H,2,17H2,1H3,(H,29,33). The number of benzene rings is 4. The highest BCUT2D eigenvalue weighted by atomic mass is 16.7. The predicted octanol–water partition coefficient (Wildman–Crippen LogP) is 5.47. The van der Waals surface area contributed by atoms with Gasteiger partial charge in [0.1, 0.15) is 0 Å². The van der Waals surface area contributed by atoms with Crippen molar-refractivity contribution in [2.75, 3.05) is 18.7 Å². The largest absolute Gasteiger partial charge is 0.463 e. The molecule has 0 aliphatic carbocycles. The number of nitrogens with one attached hydrogen (secondary N) is 1. The Kier molecular flexibility index (Phi) is 5.46. The van der Waals surface area contributed by atoms with Crippen molar-refractivity contribution in [3.63, 3.8) is 0 Å². The molecule has 178 valence electrons. The number of anilines is 1. The quantitative estimate of drug-likeness (QED) is 0.348. The van der Waals surface area contributed by atoms with Crippen LogP contribution < -0.4 is 19.5 Å². The van der Waals surface area contributed by atoms with Gasteiger partial charge in [-0.05, 0) is 72.3 Å². The van der Waals surface area contributed by atoms with Crippen molar-refractivity contribution in [1.82, 2.24) is 14.8 Å². The fourth-order valence-electron chi connectivity index (χ4n) is 4.11. The van der Waals surface area contributed by atoms with E-state index in [0.29, 0.717) is 35.2 Å². The third-order valence-electron chi connectivity index (χ3n) is 5.87. The van der Waals surface area contributed by atoms with E-state index >= 15 is 0 Å². The SMILES string of the molecule is CCOc1nc(-c2ccc3c(c2)OCO3)n(-c2ccc(NC(=O)c3ccc4ccccc4c3)cc2)n1. The number of hydrogen-bond donors (Lipinski definition) is 1. The van der Waals surface area contributed by atoms with E-state index in [0.717, 1.165) is 22.0 Å². The molecule has 1 aromatic heterocycles. The van der Waals surface area contributed by atoms with Gasteiger partial charge < -0.3 is 19.5 Å². The maximum Gasteiger partial charge on any atom is 0.336 e. The Morgan fingerprint density at radius 1 is 0.944 bits per heavy atom. The first-order chi connectivity index (χ1) is 17.7. The minimum absolute atomic E-state index is 0.172. The Morgan fingerprint density at radius 2 is 1.75 bits per heavy atom. The average molecular weight is 479 g/mol. The van der Waals surface area contributed by atoms with Crippen LogP contribution in [-0.4, -0.2) is 34.1 Å². The molecule has 6 rings (SSSR count). The first-order valence-corrected chi connectivity index (χ1v) is 11.6. The highest BCUT2D eigenvalue weighted by Crippen LogP contribution is 2.36. The summed E-state index contributed by atoms with van der Waals surface area (Å²) in [6, 6.07) is 26.9. The lowest BCUT2D eigenvalue weighted by Gasteiger charge is -2.09. The van der Waals surface area contributed by atoms with Crippen molar-refractivity contribution in [1.29, 1.82) is 0 Å². The summed E-state index contributed by atoms with van der Waals surface area (Å²) >= 11 is 0. The van der Waals surface area contributed by atoms with Gasteiger partial charge in [-0.2, -0.15) is 4.98 Å². The number of amides is 1. The van der Waals surface area contributed by atoms with Crippen molar-refractivity contribution in [2.24, 2.45) is 0 Å². The van der Waals surface area contributed by atoms with E-state index in [-0.39, 0.29) is 18.7 Å². The normalized spacial score (nSPS) is 12.0. The van der Waals surface area contributed by atoms with Crippen LogP contribution in [-0.2, 0) is 0 Å². The van der Waals surface area contributed by atoms with E-state index < -0.39 is 0 Å². The fraction of sp³-hybridized carbons (Fsp3) is 0.107. The van der Waals surface area contributed by atoms with Gasteiger partial charge >= 0.3 is 6.01 Å². The Labute approximate surface area is 207 Å². The van der Waals surface area contributed by atoms with Gasteiger partial charge in [-0.1, -0.05) is 30.3 Å². The smallest absolute Gasteiger partial charge is 0.336 e. The van der Waals surface area contributed by atoms with E-state index in [4.69, 9.17) is 14.2 Å². The topological polar surface area (TPSA) is 87.5 Å². The molecule has 0 saturated carbocycles. The third kappa shape index (κ3) is 4.09. The maximum absolute atomic E-state index is 12.8. The highest BCUT2D eigenvalue weighted by molar-refractivity contribution is 6.06. The zero-order chi connectivity index (χ0) is 24.5. The van der Waals surface area contributed by atoms with Gasteiger partial charge in [0, 0.05) is 16.8 Å². The molecule has 8 nitrogen and oxygen atoms in total. The summed E-state index contributed by atoms with van der Waals surface area (Å²) in [7, 11) is 0. The second-order valence-electron chi connectivity index (χ2n) is 8.19.